The maximum Gasteiger partial charge on any atom is 0.316 e. The minimum Gasteiger partial charge on any atom is -0.361 e. The van der Waals surface area contributed by atoms with Crippen molar-refractivity contribution in [2.24, 2.45) is 0 Å². The van der Waals surface area contributed by atoms with Crippen LogP contribution in [0.2, 0.25) is 0 Å². The number of aromatic amines is 1. The number of rotatable bonds is 4. The summed E-state index contributed by atoms with van der Waals surface area (Å²) in [5.74, 6) is -0.0441. The molecule has 4 aromatic rings. The van der Waals surface area contributed by atoms with Crippen molar-refractivity contribution in [1.82, 2.24) is 20.4 Å². The first-order chi connectivity index (χ1) is 11.8. The number of carbonyl (C=O) groups excluding carboxylic acids is 1. The van der Waals surface area contributed by atoms with Crippen molar-refractivity contribution >= 4 is 16.8 Å². The fourth-order valence-corrected chi connectivity index (χ4v) is 2.56. The SMILES string of the molecule is O=C(NCc1ccccc1)c1nc(-c2cccc3[nH]ccc23)no1. The third kappa shape index (κ3) is 2.65. The second-order valence-corrected chi connectivity index (χ2v) is 5.34. The van der Waals surface area contributed by atoms with Crippen molar-refractivity contribution in [3.8, 4) is 11.4 Å². The van der Waals surface area contributed by atoms with Crippen LogP contribution in [0.1, 0.15) is 16.2 Å². The monoisotopic (exact) mass is 318 g/mol. The molecule has 0 atom stereocenters. The molecule has 2 N–H and O–H groups in total. The Hall–Kier alpha value is -3.41. The molecule has 4 rings (SSSR count). The second kappa shape index (κ2) is 6.00. The summed E-state index contributed by atoms with van der Waals surface area (Å²) >= 11 is 0. The maximum atomic E-state index is 12.2. The van der Waals surface area contributed by atoms with Gasteiger partial charge in [0.05, 0.1) is 0 Å². The highest BCUT2D eigenvalue weighted by Gasteiger charge is 2.17. The van der Waals surface area contributed by atoms with E-state index in [1.54, 1.807) is 0 Å². The van der Waals surface area contributed by atoms with Crippen LogP contribution in [0.3, 0.4) is 0 Å². The molecular formula is C18H14N4O2. The van der Waals surface area contributed by atoms with Crippen LogP contribution in [-0.4, -0.2) is 21.0 Å². The molecule has 0 aliphatic carbocycles. The van der Waals surface area contributed by atoms with Gasteiger partial charge in [-0.1, -0.05) is 47.6 Å². The summed E-state index contributed by atoms with van der Waals surface area (Å²) in [6.07, 6.45) is 1.85. The van der Waals surface area contributed by atoms with E-state index in [2.05, 4.69) is 20.4 Å². The number of aromatic nitrogens is 3. The van der Waals surface area contributed by atoms with Crippen LogP contribution in [-0.2, 0) is 6.54 Å². The minimum absolute atomic E-state index is 0.0477. The van der Waals surface area contributed by atoms with Gasteiger partial charge in [-0.05, 0) is 17.7 Å². The standard InChI is InChI=1S/C18H14N4O2/c23-17(20-11-12-5-2-1-3-6-12)18-21-16(22-24-18)14-7-4-8-15-13(14)9-10-19-15/h1-10,19H,11H2,(H,20,23). The topological polar surface area (TPSA) is 83.8 Å². The van der Waals surface area contributed by atoms with Crippen LogP contribution in [0.15, 0.2) is 65.3 Å². The van der Waals surface area contributed by atoms with Gasteiger partial charge in [0.2, 0.25) is 5.82 Å². The number of nitrogens with zero attached hydrogens (tertiary/aromatic N) is 2. The average molecular weight is 318 g/mol. The summed E-state index contributed by atoms with van der Waals surface area (Å²) < 4.78 is 5.11. The zero-order chi connectivity index (χ0) is 16.4. The number of carbonyl (C=O) groups is 1. The normalized spacial score (nSPS) is 10.8. The van der Waals surface area contributed by atoms with Crippen molar-refractivity contribution < 1.29 is 9.32 Å². The molecule has 0 aliphatic heterocycles. The maximum absolute atomic E-state index is 12.2. The van der Waals surface area contributed by atoms with E-state index in [9.17, 15) is 4.79 Å². The Kier molecular flexibility index (Phi) is 3.55. The molecule has 2 aromatic carbocycles. The fourth-order valence-electron chi connectivity index (χ4n) is 2.56. The second-order valence-electron chi connectivity index (χ2n) is 5.34. The quantitative estimate of drug-likeness (QED) is 0.605. The Bertz CT molecular complexity index is 988. The number of benzene rings is 2. The number of nitrogens with one attached hydrogen (secondary N) is 2. The van der Waals surface area contributed by atoms with Gasteiger partial charge in [0.25, 0.3) is 0 Å². The molecule has 0 bridgehead atoms. The first-order valence-corrected chi connectivity index (χ1v) is 7.53. The van der Waals surface area contributed by atoms with Crippen LogP contribution in [0.4, 0.5) is 0 Å². The Morgan fingerprint density at radius 2 is 1.96 bits per heavy atom. The van der Waals surface area contributed by atoms with E-state index >= 15 is 0 Å². The van der Waals surface area contributed by atoms with E-state index in [-0.39, 0.29) is 11.8 Å². The Morgan fingerprint density at radius 3 is 2.83 bits per heavy atom. The van der Waals surface area contributed by atoms with Crippen molar-refractivity contribution in [2.75, 3.05) is 0 Å². The van der Waals surface area contributed by atoms with E-state index in [1.165, 1.54) is 0 Å². The molecule has 6 nitrogen and oxygen atoms in total. The van der Waals surface area contributed by atoms with Crippen LogP contribution in [0.5, 0.6) is 0 Å². The summed E-state index contributed by atoms with van der Waals surface area (Å²) in [6.45, 7) is 0.408. The molecule has 0 spiro atoms. The first-order valence-electron chi connectivity index (χ1n) is 7.53. The van der Waals surface area contributed by atoms with Gasteiger partial charge in [-0.3, -0.25) is 4.79 Å². The summed E-state index contributed by atoms with van der Waals surface area (Å²) in [7, 11) is 0. The highest BCUT2D eigenvalue weighted by atomic mass is 16.5. The van der Waals surface area contributed by atoms with E-state index in [0.717, 1.165) is 22.0 Å². The highest BCUT2D eigenvalue weighted by Crippen LogP contribution is 2.25. The van der Waals surface area contributed by atoms with Crippen molar-refractivity contribution in [1.29, 1.82) is 0 Å². The van der Waals surface area contributed by atoms with E-state index in [1.807, 2.05) is 60.8 Å². The smallest absolute Gasteiger partial charge is 0.316 e. The summed E-state index contributed by atoms with van der Waals surface area (Å²) in [5, 5.41) is 7.68. The third-order valence-corrected chi connectivity index (χ3v) is 3.75. The number of hydrogen-bond donors (Lipinski definition) is 2. The molecule has 0 radical (unpaired) electrons. The molecule has 0 fully saturated rings. The van der Waals surface area contributed by atoms with E-state index < -0.39 is 0 Å². The molecule has 1 amide bonds. The van der Waals surface area contributed by atoms with Crippen LogP contribution < -0.4 is 5.32 Å². The van der Waals surface area contributed by atoms with Crippen molar-refractivity contribution in [2.45, 2.75) is 6.54 Å². The number of H-pyrrole nitrogens is 1. The van der Waals surface area contributed by atoms with Gasteiger partial charge in [0.1, 0.15) is 0 Å². The van der Waals surface area contributed by atoms with Crippen LogP contribution >= 0.6 is 0 Å². The zero-order valence-electron chi connectivity index (χ0n) is 12.7. The summed E-state index contributed by atoms with van der Waals surface area (Å²) in [5.41, 5.74) is 2.80. The lowest BCUT2D eigenvalue weighted by atomic mass is 10.1. The largest absolute Gasteiger partial charge is 0.361 e. The first kappa shape index (κ1) is 14.2. The molecule has 0 saturated carbocycles. The number of amides is 1. The molecule has 0 saturated heterocycles. The van der Waals surface area contributed by atoms with Gasteiger partial charge < -0.3 is 14.8 Å². The molecule has 6 heteroatoms. The molecular weight excluding hydrogens is 304 g/mol. The number of fused-ring (bicyclic) bond motifs is 1. The predicted octanol–water partition coefficient (Wildman–Crippen LogP) is 3.15. The van der Waals surface area contributed by atoms with E-state index in [4.69, 9.17) is 4.52 Å². The zero-order valence-corrected chi connectivity index (χ0v) is 12.7. The lowest BCUT2D eigenvalue weighted by Crippen LogP contribution is -2.23. The van der Waals surface area contributed by atoms with Gasteiger partial charge in [-0.25, -0.2) is 0 Å². The Balaban J connectivity index is 1.54. The van der Waals surface area contributed by atoms with Gasteiger partial charge >= 0.3 is 11.8 Å². The van der Waals surface area contributed by atoms with Crippen molar-refractivity contribution in [3.05, 3.63) is 72.2 Å². The molecule has 0 aliphatic rings. The highest BCUT2D eigenvalue weighted by molar-refractivity contribution is 5.94. The van der Waals surface area contributed by atoms with Gasteiger partial charge in [-0.2, -0.15) is 4.98 Å². The molecule has 2 heterocycles. The Labute approximate surface area is 137 Å². The minimum atomic E-state index is -0.390. The van der Waals surface area contributed by atoms with Crippen LogP contribution in [0, 0.1) is 0 Å². The number of hydrogen-bond acceptors (Lipinski definition) is 4. The van der Waals surface area contributed by atoms with Gasteiger partial charge in [0, 0.05) is 29.2 Å². The fraction of sp³-hybridized carbons (Fsp3) is 0.0556. The molecule has 118 valence electrons. The average Bonchev–Trinajstić information content (AvgIpc) is 3.29. The van der Waals surface area contributed by atoms with Crippen molar-refractivity contribution in [3.63, 3.8) is 0 Å². The molecule has 0 unspecified atom stereocenters. The lowest BCUT2D eigenvalue weighted by molar-refractivity contribution is 0.0907. The lowest BCUT2D eigenvalue weighted by Gasteiger charge is -2.01. The van der Waals surface area contributed by atoms with Gasteiger partial charge in [-0.15, -0.1) is 0 Å². The predicted molar refractivity (Wildman–Crippen MR) is 89.2 cm³/mol. The third-order valence-electron chi connectivity index (χ3n) is 3.75. The summed E-state index contributed by atoms with van der Waals surface area (Å²) in [6, 6.07) is 17.3. The van der Waals surface area contributed by atoms with E-state index in [0.29, 0.717) is 12.4 Å². The Morgan fingerprint density at radius 1 is 1.08 bits per heavy atom. The van der Waals surface area contributed by atoms with Crippen LogP contribution in [0.25, 0.3) is 22.3 Å². The van der Waals surface area contributed by atoms with Gasteiger partial charge in [0.15, 0.2) is 0 Å². The molecule has 24 heavy (non-hydrogen) atoms. The molecule has 2 aromatic heterocycles. The summed E-state index contributed by atoms with van der Waals surface area (Å²) in [4.78, 5) is 19.5.